The van der Waals surface area contributed by atoms with E-state index in [0.717, 1.165) is 59.7 Å². The number of nitrogens with one attached hydrogen (secondary N) is 1. The van der Waals surface area contributed by atoms with Crippen LogP contribution in [0, 0.1) is 0 Å². The fourth-order valence-electron chi connectivity index (χ4n) is 4.30. The van der Waals surface area contributed by atoms with Gasteiger partial charge in [0.15, 0.2) is 5.16 Å². The smallest absolute Gasteiger partial charge is 0.270 e. The van der Waals surface area contributed by atoms with Gasteiger partial charge in [0.1, 0.15) is 16.5 Å². The fourth-order valence-corrected chi connectivity index (χ4v) is 6.25. The van der Waals surface area contributed by atoms with Crippen molar-refractivity contribution in [3.63, 3.8) is 0 Å². The number of carbonyl (C=O) groups is 1. The molecule has 0 spiro atoms. The second kappa shape index (κ2) is 14.6. The summed E-state index contributed by atoms with van der Waals surface area (Å²) in [5, 5.41) is 16.2. The van der Waals surface area contributed by atoms with Crippen molar-refractivity contribution in [1.82, 2.24) is 30.0 Å². The molecule has 0 aliphatic heterocycles. The molecule has 0 saturated carbocycles. The molecule has 4 aromatic rings. The van der Waals surface area contributed by atoms with Crippen molar-refractivity contribution < 1.29 is 4.79 Å². The molecule has 2 aromatic heterocycles. The van der Waals surface area contributed by atoms with Gasteiger partial charge in [0.2, 0.25) is 0 Å². The Balaban J connectivity index is 1.40. The summed E-state index contributed by atoms with van der Waals surface area (Å²) in [5.74, 6) is 1.30. The predicted octanol–water partition coefficient (Wildman–Crippen LogP) is 6.50. The first-order valence-corrected chi connectivity index (χ1v) is 15.6. The number of thiazole rings is 1. The minimum absolute atomic E-state index is 0.104. The number of benzene rings is 2. The van der Waals surface area contributed by atoms with Crippen molar-refractivity contribution in [3.05, 3.63) is 87.1 Å². The van der Waals surface area contributed by atoms with Gasteiger partial charge in [-0.3, -0.25) is 9.36 Å². The molecule has 7 nitrogen and oxygen atoms in total. The molecule has 1 N–H and O–H groups in total. The van der Waals surface area contributed by atoms with Crippen molar-refractivity contribution in [3.8, 4) is 5.69 Å². The Hall–Kier alpha value is -2.72. The Kier molecular flexibility index (Phi) is 11.0. The molecule has 4 rings (SSSR count). The third kappa shape index (κ3) is 8.38. The van der Waals surface area contributed by atoms with E-state index in [9.17, 15) is 4.79 Å². The van der Waals surface area contributed by atoms with Gasteiger partial charge in [-0.2, -0.15) is 0 Å². The number of halogens is 1. The van der Waals surface area contributed by atoms with Gasteiger partial charge in [0, 0.05) is 22.9 Å². The van der Waals surface area contributed by atoms with E-state index in [-0.39, 0.29) is 11.9 Å². The Labute approximate surface area is 244 Å². The average Bonchev–Trinajstić information content (AvgIpc) is 3.58. The topological polar surface area (TPSA) is 75.9 Å². The van der Waals surface area contributed by atoms with Crippen LogP contribution in [-0.4, -0.2) is 56.2 Å². The van der Waals surface area contributed by atoms with E-state index in [1.54, 1.807) is 11.8 Å². The highest BCUT2D eigenvalue weighted by Crippen LogP contribution is 2.28. The van der Waals surface area contributed by atoms with E-state index >= 15 is 0 Å². The third-order valence-electron chi connectivity index (χ3n) is 6.46. The highest BCUT2D eigenvalue weighted by molar-refractivity contribution is 7.98. The normalized spacial score (nSPS) is 12.1. The van der Waals surface area contributed by atoms with Gasteiger partial charge >= 0.3 is 0 Å². The minimum Gasteiger partial charge on any atom is -0.348 e. The molecule has 0 saturated heterocycles. The molecule has 206 valence electrons. The highest BCUT2D eigenvalue weighted by atomic mass is 35.5. The first-order chi connectivity index (χ1) is 19.0. The number of hydrogen-bond acceptors (Lipinski definition) is 7. The maximum atomic E-state index is 12.8. The summed E-state index contributed by atoms with van der Waals surface area (Å²) in [7, 11) is 0. The lowest BCUT2D eigenvalue weighted by Gasteiger charge is -2.19. The zero-order valence-electron chi connectivity index (χ0n) is 22.6. The summed E-state index contributed by atoms with van der Waals surface area (Å²) in [6.07, 6.45) is 2.65. The Morgan fingerprint density at radius 1 is 1.13 bits per heavy atom. The van der Waals surface area contributed by atoms with Crippen LogP contribution in [0.15, 0.2) is 65.1 Å². The molecule has 2 aromatic carbocycles. The maximum absolute atomic E-state index is 12.8. The molecule has 0 fully saturated rings. The lowest BCUT2D eigenvalue weighted by atomic mass is 10.1. The molecule has 1 atom stereocenters. The molecule has 2 heterocycles. The van der Waals surface area contributed by atoms with Crippen LogP contribution in [0.4, 0.5) is 0 Å². The first-order valence-electron chi connectivity index (χ1n) is 13.3. The van der Waals surface area contributed by atoms with E-state index in [2.05, 4.69) is 58.3 Å². The van der Waals surface area contributed by atoms with Crippen LogP contribution < -0.4 is 5.32 Å². The molecule has 0 aliphatic carbocycles. The molecule has 1 amide bonds. The predicted molar refractivity (Wildman–Crippen MR) is 161 cm³/mol. The standard InChI is InChI=1S/C29H35ClN6OS2/c1-4-35(5-2)16-10-11-21(3)31-28(37)25-19-38-27(32-25)20-39-29-34-33-26(17-22-12-7-6-8-13-22)36(29)24-15-9-14-23(30)18-24/h6-9,12-15,18-19,21H,4-5,10-11,16-17,20H2,1-3H3,(H,31,37). The van der Waals surface area contributed by atoms with Crippen LogP contribution in [0.3, 0.4) is 0 Å². The third-order valence-corrected chi connectivity index (χ3v) is 8.67. The van der Waals surface area contributed by atoms with Crippen LogP contribution >= 0.6 is 34.7 Å². The monoisotopic (exact) mass is 582 g/mol. The average molecular weight is 583 g/mol. The SMILES string of the molecule is CCN(CC)CCCC(C)NC(=O)c1csc(CSc2nnc(Cc3ccccc3)n2-c2cccc(Cl)c2)n1. The number of carbonyl (C=O) groups excluding carboxylic acids is 1. The molecule has 39 heavy (non-hydrogen) atoms. The Morgan fingerprint density at radius 2 is 1.92 bits per heavy atom. The number of aromatic nitrogens is 4. The molecule has 1 unspecified atom stereocenters. The van der Waals surface area contributed by atoms with Crippen molar-refractivity contribution in [2.24, 2.45) is 0 Å². The van der Waals surface area contributed by atoms with Crippen molar-refractivity contribution in [2.45, 2.75) is 57.0 Å². The lowest BCUT2D eigenvalue weighted by Crippen LogP contribution is -2.33. The molecule has 0 aliphatic rings. The summed E-state index contributed by atoms with van der Waals surface area (Å²) < 4.78 is 2.05. The first kappa shape index (κ1) is 29.3. The number of amides is 1. The van der Waals surface area contributed by atoms with Gasteiger partial charge in [-0.1, -0.05) is 73.6 Å². The molecule has 10 heteroatoms. The summed E-state index contributed by atoms with van der Waals surface area (Å²) in [6.45, 7) is 9.58. The van der Waals surface area contributed by atoms with Gasteiger partial charge in [-0.15, -0.1) is 21.5 Å². The van der Waals surface area contributed by atoms with Gasteiger partial charge in [0.05, 0.1) is 11.4 Å². The largest absolute Gasteiger partial charge is 0.348 e. The second-order valence-corrected chi connectivity index (χ2v) is 11.7. The van der Waals surface area contributed by atoms with E-state index < -0.39 is 0 Å². The van der Waals surface area contributed by atoms with Crippen molar-refractivity contribution in [1.29, 1.82) is 0 Å². The second-order valence-electron chi connectivity index (χ2n) is 9.34. The Morgan fingerprint density at radius 3 is 2.67 bits per heavy atom. The van der Waals surface area contributed by atoms with Crippen molar-refractivity contribution >= 4 is 40.6 Å². The lowest BCUT2D eigenvalue weighted by molar-refractivity contribution is 0.0932. The summed E-state index contributed by atoms with van der Waals surface area (Å²) >= 11 is 9.35. The Bertz CT molecular complexity index is 1340. The van der Waals surface area contributed by atoms with Gasteiger partial charge in [0.25, 0.3) is 5.91 Å². The van der Waals surface area contributed by atoms with Gasteiger partial charge < -0.3 is 10.2 Å². The quantitative estimate of drug-likeness (QED) is 0.171. The highest BCUT2D eigenvalue weighted by Gasteiger charge is 2.18. The summed E-state index contributed by atoms with van der Waals surface area (Å²) in [4.78, 5) is 19.8. The number of nitrogens with zero attached hydrogens (tertiary/aromatic N) is 5. The van der Waals surface area contributed by atoms with E-state index in [0.29, 0.717) is 22.9 Å². The number of hydrogen-bond donors (Lipinski definition) is 1. The minimum atomic E-state index is -0.120. The molecule has 0 bridgehead atoms. The zero-order chi connectivity index (χ0) is 27.6. The van der Waals surface area contributed by atoms with Crippen LogP contribution in [0.1, 0.15) is 60.5 Å². The van der Waals surface area contributed by atoms with Crippen LogP contribution in [0.5, 0.6) is 0 Å². The molecular formula is C29H35ClN6OS2. The summed E-state index contributed by atoms with van der Waals surface area (Å²) in [6, 6.07) is 18.0. The van der Waals surface area contributed by atoms with Crippen LogP contribution in [-0.2, 0) is 12.2 Å². The summed E-state index contributed by atoms with van der Waals surface area (Å²) in [5.41, 5.74) is 2.53. The van der Waals surface area contributed by atoms with E-state index in [1.165, 1.54) is 11.3 Å². The zero-order valence-corrected chi connectivity index (χ0v) is 25.0. The van der Waals surface area contributed by atoms with Crippen molar-refractivity contribution in [2.75, 3.05) is 19.6 Å². The molecule has 0 radical (unpaired) electrons. The number of thioether (sulfide) groups is 1. The van der Waals surface area contributed by atoms with Gasteiger partial charge in [-0.05, 0) is 63.2 Å². The van der Waals surface area contributed by atoms with Crippen LogP contribution in [0.25, 0.3) is 5.69 Å². The fraction of sp³-hybridized carbons (Fsp3) is 0.379. The van der Waals surface area contributed by atoms with Crippen LogP contribution in [0.2, 0.25) is 5.02 Å². The molecular weight excluding hydrogens is 548 g/mol. The van der Waals surface area contributed by atoms with Gasteiger partial charge in [-0.25, -0.2) is 4.98 Å². The van der Waals surface area contributed by atoms with E-state index in [4.69, 9.17) is 11.6 Å². The maximum Gasteiger partial charge on any atom is 0.270 e. The number of rotatable bonds is 14. The van der Waals surface area contributed by atoms with E-state index in [1.807, 2.05) is 52.4 Å².